The number of sulfone groups is 1. The first kappa shape index (κ1) is 15.5. The van der Waals surface area contributed by atoms with Crippen LogP contribution in [0.2, 0.25) is 5.02 Å². The molecular formula is C11H12ClNO5S. The molecule has 1 rings (SSSR count). The molecule has 0 saturated heterocycles. The van der Waals surface area contributed by atoms with E-state index in [2.05, 4.69) is 4.74 Å². The number of carbonyl (C=O) groups excluding carboxylic acids is 2. The van der Waals surface area contributed by atoms with Gasteiger partial charge in [0.1, 0.15) is 0 Å². The van der Waals surface area contributed by atoms with Crippen LogP contribution in [0.5, 0.6) is 0 Å². The minimum atomic E-state index is -3.59. The van der Waals surface area contributed by atoms with Crippen molar-refractivity contribution in [3.05, 3.63) is 29.3 Å². The summed E-state index contributed by atoms with van der Waals surface area (Å²) in [4.78, 5) is 21.6. The van der Waals surface area contributed by atoms with Crippen LogP contribution in [0, 0.1) is 0 Å². The van der Waals surface area contributed by atoms with Crippen LogP contribution < -0.4 is 5.73 Å². The first-order valence-electron chi connectivity index (χ1n) is 5.23. The van der Waals surface area contributed by atoms with E-state index >= 15 is 0 Å². The molecule has 2 N–H and O–H groups in total. The van der Waals surface area contributed by atoms with E-state index in [1.54, 1.807) is 0 Å². The van der Waals surface area contributed by atoms with E-state index in [1.165, 1.54) is 24.3 Å². The first-order valence-corrected chi connectivity index (χ1v) is 7.26. The predicted molar refractivity (Wildman–Crippen MR) is 68.3 cm³/mol. The highest BCUT2D eigenvalue weighted by Gasteiger charge is 2.17. The van der Waals surface area contributed by atoms with Gasteiger partial charge in [0, 0.05) is 5.02 Å². The van der Waals surface area contributed by atoms with Gasteiger partial charge in [0.2, 0.25) is 0 Å². The van der Waals surface area contributed by atoms with Gasteiger partial charge in [-0.05, 0) is 24.3 Å². The Morgan fingerprint density at radius 3 is 2.32 bits per heavy atom. The van der Waals surface area contributed by atoms with Crippen molar-refractivity contribution in [2.24, 2.45) is 5.73 Å². The summed E-state index contributed by atoms with van der Waals surface area (Å²) in [6, 6.07) is 5.60. The van der Waals surface area contributed by atoms with Crippen LogP contribution >= 0.6 is 11.6 Å². The zero-order chi connectivity index (χ0) is 14.5. The molecular weight excluding hydrogens is 294 g/mol. The van der Waals surface area contributed by atoms with E-state index in [1.807, 2.05) is 0 Å². The van der Waals surface area contributed by atoms with E-state index in [0.717, 1.165) is 0 Å². The average Bonchev–Trinajstić information content (AvgIpc) is 2.34. The van der Waals surface area contributed by atoms with E-state index < -0.39 is 34.1 Å². The number of ether oxygens (including phenoxy) is 1. The van der Waals surface area contributed by atoms with Crippen LogP contribution in [0.25, 0.3) is 0 Å². The highest BCUT2D eigenvalue weighted by Crippen LogP contribution is 2.16. The maximum absolute atomic E-state index is 11.8. The predicted octanol–water partition coefficient (Wildman–Crippen LogP) is 0.532. The molecule has 19 heavy (non-hydrogen) atoms. The Morgan fingerprint density at radius 2 is 1.79 bits per heavy atom. The average molecular weight is 306 g/mol. The van der Waals surface area contributed by atoms with Gasteiger partial charge in [-0.25, -0.2) is 8.42 Å². The fraction of sp³-hybridized carbons (Fsp3) is 0.273. The smallest absolute Gasteiger partial charge is 0.307 e. The van der Waals surface area contributed by atoms with Crippen molar-refractivity contribution in [2.45, 2.75) is 11.3 Å². The minimum absolute atomic E-state index is 0.0691. The molecule has 0 bridgehead atoms. The highest BCUT2D eigenvalue weighted by molar-refractivity contribution is 7.91. The molecule has 6 nitrogen and oxygen atoms in total. The number of carbonyl (C=O) groups is 2. The molecule has 0 unspecified atom stereocenters. The van der Waals surface area contributed by atoms with Gasteiger partial charge in [0.05, 0.1) is 17.1 Å². The molecule has 0 radical (unpaired) electrons. The quantitative estimate of drug-likeness (QED) is 0.772. The maximum Gasteiger partial charge on any atom is 0.307 e. The van der Waals surface area contributed by atoms with Crippen molar-refractivity contribution in [1.29, 1.82) is 0 Å². The number of hydrogen-bond donors (Lipinski definition) is 1. The van der Waals surface area contributed by atoms with E-state index in [-0.39, 0.29) is 11.3 Å². The summed E-state index contributed by atoms with van der Waals surface area (Å²) in [5, 5.41) is 0.416. The second-order valence-electron chi connectivity index (χ2n) is 3.65. The van der Waals surface area contributed by atoms with Gasteiger partial charge in [-0.2, -0.15) is 0 Å². The largest absolute Gasteiger partial charge is 0.456 e. The monoisotopic (exact) mass is 305 g/mol. The van der Waals surface area contributed by atoms with Crippen molar-refractivity contribution in [3.8, 4) is 0 Å². The Balaban J connectivity index is 2.58. The molecule has 0 spiro atoms. The first-order chi connectivity index (χ1) is 8.81. The number of nitrogens with two attached hydrogens (primary N) is 1. The Bertz CT molecular complexity index is 567. The number of hydrogen-bond acceptors (Lipinski definition) is 5. The third kappa shape index (κ3) is 5.27. The lowest BCUT2D eigenvalue weighted by molar-refractivity contribution is -0.147. The third-order valence-corrected chi connectivity index (χ3v) is 4.11. The highest BCUT2D eigenvalue weighted by atomic mass is 35.5. The van der Waals surface area contributed by atoms with Gasteiger partial charge in [-0.3, -0.25) is 9.59 Å². The van der Waals surface area contributed by atoms with E-state index in [0.29, 0.717) is 5.02 Å². The maximum atomic E-state index is 11.8. The van der Waals surface area contributed by atoms with E-state index in [4.69, 9.17) is 17.3 Å². The minimum Gasteiger partial charge on any atom is -0.456 e. The molecule has 0 saturated carbocycles. The van der Waals surface area contributed by atoms with Crippen molar-refractivity contribution >= 4 is 33.3 Å². The number of esters is 1. The van der Waals surface area contributed by atoms with Gasteiger partial charge < -0.3 is 10.5 Å². The number of amides is 1. The lowest BCUT2D eigenvalue weighted by atomic mass is 10.4. The van der Waals surface area contributed by atoms with Gasteiger partial charge in [-0.1, -0.05) is 11.6 Å². The van der Waals surface area contributed by atoms with Crippen LogP contribution in [-0.2, 0) is 24.2 Å². The number of halogens is 1. The van der Waals surface area contributed by atoms with Crippen LogP contribution in [0.3, 0.4) is 0 Å². The fourth-order valence-corrected chi connectivity index (χ4v) is 2.55. The summed E-state index contributed by atoms with van der Waals surface area (Å²) in [5.74, 6) is -2.00. The molecule has 0 fully saturated rings. The lowest BCUT2D eigenvalue weighted by Gasteiger charge is -2.04. The zero-order valence-corrected chi connectivity index (χ0v) is 11.4. The molecule has 0 heterocycles. The molecule has 104 valence electrons. The fourth-order valence-electron chi connectivity index (χ4n) is 1.20. The molecule has 0 aliphatic rings. The van der Waals surface area contributed by atoms with Crippen LogP contribution in [-0.4, -0.2) is 32.7 Å². The second-order valence-corrected chi connectivity index (χ2v) is 6.20. The Hall–Kier alpha value is -1.60. The van der Waals surface area contributed by atoms with Gasteiger partial charge in [0.15, 0.2) is 16.4 Å². The molecule has 0 atom stereocenters. The Morgan fingerprint density at radius 1 is 1.21 bits per heavy atom. The molecule has 0 aliphatic heterocycles. The number of primary amides is 1. The Kier molecular flexibility index (Phi) is 5.31. The molecule has 1 aromatic rings. The third-order valence-electron chi connectivity index (χ3n) is 2.12. The normalized spacial score (nSPS) is 11.0. The summed E-state index contributed by atoms with van der Waals surface area (Å²) in [7, 11) is -3.59. The topological polar surface area (TPSA) is 104 Å². The second kappa shape index (κ2) is 6.53. The van der Waals surface area contributed by atoms with Crippen molar-refractivity contribution in [3.63, 3.8) is 0 Å². The summed E-state index contributed by atoms with van der Waals surface area (Å²) >= 11 is 5.65. The lowest BCUT2D eigenvalue weighted by Crippen LogP contribution is -2.22. The standard InChI is InChI=1S/C11H12ClNO5S/c12-8-1-3-9(4-2-8)19(16,17)6-5-11(15)18-7-10(13)14/h1-4H,5-7H2,(H2,13,14). The van der Waals surface area contributed by atoms with Crippen molar-refractivity contribution in [1.82, 2.24) is 0 Å². The molecule has 1 amide bonds. The van der Waals surface area contributed by atoms with Gasteiger partial charge in [0.25, 0.3) is 5.91 Å². The van der Waals surface area contributed by atoms with Crippen molar-refractivity contribution < 1.29 is 22.7 Å². The Labute approximate surface area is 115 Å². The zero-order valence-electron chi connectivity index (χ0n) is 9.84. The molecule has 1 aromatic carbocycles. The molecule has 0 aliphatic carbocycles. The summed E-state index contributed by atoms with van der Waals surface area (Å²) < 4.78 is 28.1. The van der Waals surface area contributed by atoms with Crippen LogP contribution in [0.15, 0.2) is 29.2 Å². The van der Waals surface area contributed by atoms with Gasteiger partial charge in [-0.15, -0.1) is 0 Å². The molecule has 8 heteroatoms. The number of rotatable bonds is 6. The SMILES string of the molecule is NC(=O)COC(=O)CCS(=O)(=O)c1ccc(Cl)cc1. The van der Waals surface area contributed by atoms with Crippen LogP contribution in [0.4, 0.5) is 0 Å². The van der Waals surface area contributed by atoms with Crippen molar-refractivity contribution in [2.75, 3.05) is 12.4 Å². The summed E-state index contributed by atoms with van der Waals surface area (Å²) in [5.41, 5.74) is 4.78. The molecule has 0 aromatic heterocycles. The van der Waals surface area contributed by atoms with Gasteiger partial charge >= 0.3 is 5.97 Å². The number of benzene rings is 1. The van der Waals surface area contributed by atoms with E-state index in [9.17, 15) is 18.0 Å². The summed E-state index contributed by atoms with van der Waals surface area (Å²) in [6.07, 6.45) is -0.349. The van der Waals surface area contributed by atoms with Crippen LogP contribution in [0.1, 0.15) is 6.42 Å². The summed E-state index contributed by atoms with van der Waals surface area (Å²) in [6.45, 7) is -0.556.